The number of aromatic nitrogens is 1. The average Bonchev–Trinajstić information content (AvgIpc) is 3.46. The zero-order chi connectivity index (χ0) is 27.0. The number of anilines is 1. The van der Waals surface area contributed by atoms with Crippen LogP contribution in [0.1, 0.15) is 29.7 Å². The number of hydrogen-bond donors (Lipinski definition) is 1. The van der Waals surface area contributed by atoms with E-state index in [-0.39, 0.29) is 11.3 Å². The van der Waals surface area contributed by atoms with Gasteiger partial charge in [-0.3, -0.25) is 14.5 Å². The quantitative estimate of drug-likeness (QED) is 0.187. The second-order valence-corrected chi connectivity index (χ2v) is 9.72. The molecule has 9 heteroatoms. The van der Waals surface area contributed by atoms with Crippen molar-refractivity contribution < 1.29 is 28.9 Å². The van der Waals surface area contributed by atoms with E-state index in [0.29, 0.717) is 45.6 Å². The van der Waals surface area contributed by atoms with Crippen LogP contribution < -0.4 is 19.1 Å². The van der Waals surface area contributed by atoms with Crippen molar-refractivity contribution in [2.24, 2.45) is 0 Å². The number of aryl methyl sites for hydroxylation is 1. The maximum atomic E-state index is 13.5. The molecule has 1 atom stereocenters. The van der Waals surface area contributed by atoms with Gasteiger partial charge in [0.2, 0.25) is 0 Å². The van der Waals surface area contributed by atoms with Crippen LogP contribution in [0.4, 0.5) is 5.13 Å². The monoisotopic (exact) mass is 530 g/mol. The van der Waals surface area contributed by atoms with Crippen LogP contribution in [0.2, 0.25) is 0 Å². The van der Waals surface area contributed by atoms with Crippen molar-refractivity contribution in [1.29, 1.82) is 0 Å². The first kappa shape index (κ1) is 25.3. The molecular weight excluding hydrogens is 504 g/mol. The fourth-order valence-electron chi connectivity index (χ4n) is 4.52. The van der Waals surface area contributed by atoms with E-state index in [2.05, 4.69) is 4.98 Å². The molecule has 3 aromatic carbocycles. The van der Waals surface area contributed by atoms with E-state index >= 15 is 0 Å². The Kier molecular flexibility index (Phi) is 6.77. The normalized spacial score (nSPS) is 16.7. The molecule has 0 bridgehead atoms. The van der Waals surface area contributed by atoms with E-state index in [9.17, 15) is 14.7 Å². The average molecular weight is 531 g/mol. The van der Waals surface area contributed by atoms with Crippen molar-refractivity contribution in [2.75, 3.05) is 25.7 Å². The Bertz CT molecular complexity index is 1590. The SMILES string of the molecule is CCOc1ccc([C@@H]2C(=C(O)c3cccc(OC)c3)C(=O)C(=O)N2c2nc3ccc(C)cc3s2)cc1OC. The van der Waals surface area contributed by atoms with E-state index in [1.807, 2.05) is 32.0 Å². The highest BCUT2D eigenvalue weighted by molar-refractivity contribution is 7.22. The molecule has 4 aromatic rings. The lowest BCUT2D eigenvalue weighted by Gasteiger charge is -2.24. The van der Waals surface area contributed by atoms with Gasteiger partial charge in [0.15, 0.2) is 16.6 Å². The number of amides is 1. The zero-order valence-electron chi connectivity index (χ0n) is 21.3. The molecule has 0 saturated carbocycles. The molecule has 1 amide bonds. The maximum absolute atomic E-state index is 13.5. The molecule has 1 aliphatic heterocycles. The van der Waals surface area contributed by atoms with Gasteiger partial charge in [-0.2, -0.15) is 0 Å². The Morgan fingerprint density at radius 1 is 1.03 bits per heavy atom. The molecule has 0 radical (unpaired) electrons. The summed E-state index contributed by atoms with van der Waals surface area (Å²) < 4.78 is 17.4. The number of aliphatic hydroxyl groups excluding tert-OH is 1. The number of benzene rings is 3. The molecule has 1 aliphatic rings. The standard InChI is InChI=1S/C29H26N2O6S/c1-5-37-21-12-10-17(15-22(21)36-4)25-24(26(32)18-7-6-8-19(14-18)35-3)27(33)28(34)31(25)29-30-20-11-9-16(2)13-23(20)38-29/h6-15,25,32H,5H2,1-4H3/t25-/m1/s1. The molecule has 38 heavy (non-hydrogen) atoms. The number of Topliss-reactive ketones (excluding diaryl/α,β-unsaturated/α-hetero) is 1. The van der Waals surface area contributed by atoms with Crippen LogP contribution in [0.15, 0.2) is 66.2 Å². The van der Waals surface area contributed by atoms with Crippen LogP contribution >= 0.6 is 11.3 Å². The van der Waals surface area contributed by atoms with Gasteiger partial charge in [0.05, 0.1) is 42.7 Å². The largest absolute Gasteiger partial charge is 0.507 e. The Labute approximate surface area is 223 Å². The minimum Gasteiger partial charge on any atom is -0.507 e. The van der Waals surface area contributed by atoms with Crippen molar-refractivity contribution in [3.63, 3.8) is 0 Å². The molecule has 1 saturated heterocycles. The Morgan fingerprint density at radius 2 is 1.84 bits per heavy atom. The van der Waals surface area contributed by atoms with Gasteiger partial charge >= 0.3 is 5.91 Å². The first-order valence-electron chi connectivity index (χ1n) is 12.0. The third-order valence-electron chi connectivity index (χ3n) is 6.33. The molecule has 1 N–H and O–H groups in total. The van der Waals surface area contributed by atoms with E-state index < -0.39 is 17.7 Å². The maximum Gasteiger partial charge on any atom is 0.301 e. The molecule has 0 spiro atoms. The number of nitrogens with zero attached hydrogens (tertiary/aromatic N) is 2. The summed E-state index contributed by atoms with van der Waals surface area (Å²) in [6.07, 6.45) is 0. The van der Waals surface area contributed by atoms with Crippen molar-refractivity contribution >= 4 is 44.1 Å². The van der Waals surface area contributed by atoms with Crippen molar-refractivity contribution in [1.82, 2.24) is 4.98 Å². The first-order valence-corrected chi connectivity index (χ1v) is 12.8. The van der Waals surface area contributed by atoms with E-state index in [1.54, 1.807) is 42.5 Å². The zero-order valence-corrected chi connectivity index (χ0v) is 22.2. The molecule has 1 aromatic heterocycles. The number of ether oxygens (including phenoxy) is 3. The summed E-state index contributed by atoms with van der Waals surface area (Å²) in [5, 5.41) is 11.8. The topological polar surface area (TPSA) is 98.2 Å². The summed E-state index contributed by atoms with van der Waals surface area (Å²) in [4.78, 5) is 33.1. The lowest BCUT2D eigenvalue weighted by atomic mass is 9.95. The first-order chi connectivity index (χ1) is 18.4. The molecule has 8 nitrogen and oxygen atoms in total. The van der Waals surface area contributed by atoms with Gasteiger partial charge in [-0.25, -0.2) is 4.98 Å². The minimum absolute atomic E-state index is 0.0510. The number of aliphatic hydroxyl groups is 1. The molecule has 194 valence electrons. The van der Waals surface area contributed by atoms with Crippen LogP contribution in [-0.2, 0) is 9.59 Å². The predicted molar refractivity (Wildman–Crippen MR) is 146 cm³/mol. The number of fused-ring (bicyclic) bond motifs is 1. The molecule has 1 fully saturated rings. The summed E-state index contributed by atoms with van der Waals surface area (Å²) >= 11 is 1.31. The van der Waals surface area contributed by atoms with Crippen LogP contribution in [0, 0.1) is 6.92 Å². The van der Waals surface area contributed by atoms with Crippen LogP contribution in [0.25, 0.3) is 16.0 Å². The van der Waals surface area contributed by atoms with Gasteiger partial charge in [0.1, 0.15) is 11.5 Å². The summed E-state index contributed by atoms with van der Waals surface area (Å²) in [6.45, 7) is 4.28. The third kappa shape index (κ3) is 4.35. The summed E-state index contributed by atoms with van der Waals surface area (Å²) in [7, 11) is 3.03. The number of thiazole rings is 1. The number of ketones is 1. The van der Waals surface area contributed by atoms with Gasteiger partial charge < -0.3 is 19.3 Å². The van der Waals surface area contributed by atoms with E-state index in [1.165, 1.54) is 30.5 Å². The van der Waals surface area contributed by atoms with Gasteiger partial charge in [-0.15, -0.1) is 0 Å². The van der Waals surface area contributed by atoms with E-state index in [4.69, 9.17) is 14.2 Å². The summed E-state index contributed by atoms with van der Waals surface area (Å²) in [5.41, 5.74) is 2.63. The fourth-order valence-corrected chi connectivity index (χ4v) is 5.61. The fraction of sp³-hybridized carbons (Fsp3) is 0.207. The third-order valence-corrected chi connectivity index (χ3v) is 7.35. The van der Waals surface area contributed by atoms with Crippen LogP contribution in [0.3, 0.4) is 0 Å². The second kappa shape index (κ2) is 10.2. The Morgan fingerprint density at radius 3 is 2.58 bits per heavy atom. The lowest BCUT2D eigenvalue weighted by Crippen LogP contribution is -2.29. The molecule has 5 rings (SSSR count). The number of carbonyl (C=O) groups excluding carboxylic acids is 2. The van der Waals surface area contributed by atoms with E-state index in [0.717, 1.165) is 10.3 Å². The summed E-state index contributed by atoms with van der Waals surface area (Å²) in [6, 6.07) is 16.8. The van der Waals surface area contributed by atoms with Gasteiger partial charge in [-0.1, -0.05) is 35.6 Å². The number of hydrogen-bond acceptors (Lipinski definition) is 8. The second-order valence-electron chi connectivity index (χ2n) is 8.71. The Hall–Kier alpha value is -4.37. The predicted octanol–water partition coefficient (Wildman–Crippen LogP) is 5.65. The highest BCUT2D eigenvalue weighted by Crippen LogP contribution is 2.46. The van der Waals surface area contributed by atoms with Crippen LogP contribution in [0.5, 0.6) is 17.2 Å². The molecular formula is C29H26N2O6S. The molecule has 2 heterocycles. The van der Waals surface area contributed by atoms with Crippen molar-refractivity contribution in [3.05, 3.63) is 82.9 Å². The number of methoxy groups -OCH3 is 2. The van der Waals surface area contributed by atoms with Gasteiger partial charge in [0.25, 0.3) is 5.78 Å². The minimum atomic E-state index is -0.951. The highest BCUT2D eigenvalue weighted by atomic mass is 32.1. The number of rotatable bonds is 7. The molecule has 0 unspecified atom stereocenters. The number of carbonyl (C=O) groups is 2. The van der Waals surface area contributed by atoms with Gasteiger partial charge in [-0.05, 0) is 61.4 Å². The highest BCUT2D eigenvalue weighted by Gasteiger charge is 2.48. The van der Waals surface area contributed by atoms with Crippen LogP contribution in [-0.4, -0.2) is 42.6 Å². The smallest absolute Gasteiger partial charge is 0.301 e. The van der Waals surface area contributed by atoms with Crippen molar-refractivity contribution in [2.45, 2.75) is 19.9 Å². The van der Waals surface area contributed by atoms with Crippen molar-refractivity contribution in [3.8, 4) is 17.2 Å². The van der Waals surface area contributed by atoms with Gasteiger partial charge in [0, 0.05) is 5.56 Å². The molecule has 0 aliphatic carbocycles. The summed E-state index contributed by atoms with van der Waals surface area (Å²) in [5.74, 6) is -0.416. The Balaban J connectivity index is 1.74. The lowest BCUT2D eigenvalue weighted by molar-refractivity contribution is -0.132.